The summed E-state index contributed by atoms with van der Waals surface area (Å²) in [4.78, 5) is 25.6. The number of terminal acetylenes is 1. The van der Waals surface area contributed by atoms with E-state index in [0.717, 1.165) is 12.1 Å². The number of alkyl halides is 3. The van der Waals surface area contributed by atoms with Gasteiger partial charge in [0.25, 0.3) is 5.91 Å². The highest BCUT2D eigenvalue weighted by atomic mass is 19.4. The molecule has 10 heteroatoms. The smallest absolute Gasteiger partial charge is 0.416 e. The maximum absolute atomic E-state index is 13.0. The van der Waals surface area contributed by atoms with Crippen molar-refractivity contribution in [1.82, 2.24) is 15.0 Å². The number of hydrogen-bond acceptors (Lipinski definition) is 6. The Bertz CT molecular complexity index is 1460. The summed E-state index contributed by atoms with van der Waals surface area (Å²) in [6.45, 7) is 0. The normalized spacial score (nSPS) is 10.9. The number of aromatic nitrogens is 3. The van der Waals surface area contributed by atoms with E-state index in [0.29, 0.717) is 22.8 Å². The van der Waals surface area contributed by atoms with Crippen molar-refractivity contribution in [2.75, 3.05) is 17.7 Å². The van der Waals surface area contributed by atoms with E-state index in [9.17, 15) is 18.0 Å². The lowest BCUT2D eigenvalue weighted by Crippen LogP contribution is -2.13. The Morgan fingerprint density at radius 1 is 1.03 bits per heavy atom. The first-order valence-corrected chi connectivity index (χ1v) is 10.5. The molecule has 0 unspecified atom stereocenters. The highest BCUT2D eigenvalue weighted by Gasteiger charge is 2.30. The molecule has 0 saturated carbocycles. The second-order valence-corrected chi connectivity index (χ2v) is 7.40. The van der Waals surface area contributed by atoms with Gasteiger partial charge in [-0.05, 0) is 54.6 Å². The number of benzene rings is 2. The number of halogens is 3. The molecule has 0 aliphatic carbocycles. The minimum absolute atomic E-state index is 0.0143. The number of ether oxygens (including phenoxy) is 1. The number of anilines is 2. The summed E-state index contributed by atoms with van der Waals surface area (Å²) < 4.78 is 45.0. The Labute approximate surface area is 204 Å². The van der Waals surface area contributed by atoms with Crippen molar-refractivity contribution in [1.29, 1.82) is 0 Å². The van der Waals surface area contributed by atoms with Gasteiger partial charge >= 0.3 is 6.18 Å². The molecule has 0 atom stereocenters. The van der Waals surface area contributed by atoms with Crippen LogP contribution in [0.1, 0.15) is 21.5 Å². The van der Waals surface area contributed by atoms with Gasteiger partial charge in [0.1, 0.15) is 5.75 Å². The quantitative estimate of drug-likeness (QED) is 0.342. The summed E-state index contributed by atoms with van der Waals surface area (Å²) >= 11 is 0. The zero-order valence-corrected chi connectivity index (χ0v) is 18.8. The summed E-state index contributed by atoms with van der Waals surface area (Å²) in [5, 5.41) is 5.32. The zero-order chi connectivity index (χ0) is 25.7. The number of nitrogens with zero attached hydrogens (tertiary/aromatic N) is 3. The fourth-order valence-corrected chi connectivity index (χ4v) is 3.26. The van der Waals surface area contributed by atoms with E-state index < -0.39 is 17.6 Å². The Morgan fingerprint density at radius 2 is 1.86 bits per heavy atom. The predicted molar refractivity (Wildman–Crippen MR) is 129 cm³/mol. The van der Waals surface area contributed by atoms with Crippen molar-refractivity contribution in [3.05, 3.63) is 89.7 Å². The minimum Gasteiger partial charge on any atom is -0.438 e. The molecule has 0 radical (unpaired) electrons. The van der Waals surface area contributed by atoms with Crippen LogP contribution in [-0.4, -0.2) is 27.9 Å². The standard InChI is InChI=1S/C26H18F3N5O2/c1-3-16-12-17(23(35)33-19-7-4-6-18(15-19)26(27,28)29)14-20(13-16)36-24-21(8-5-10-31-24)22-9-11-32-25(30-2)34-22/h1,4-15H,2H3,(H,33,35)(H,30,32,34). The van der Waals surface area contributed by atoms with E-state index >= 15 is 0 Å². The van der Waals surface area contributed by atoms with Gasteiger partial charge in [0, 0.05) is 36.3 Å². The van der Waals surface area contributed by atoms with E-state index in [1.165, 1.54) is 30.5 Å². The zero-order valence-electron chi connectivity index (χ0n) is 18.8. The number of hydrogen-bond donors (Lipinski definition) is 2. The van der Waals surface area contributed by atoms with Gasteiger partial charge in [0.05, 0.1) is 16.8 Å². The lowest BCUT2D eigenvalue weighted by Gasteiger charge is -2.13. The summed E-state index contributed by atoms with van der Waals surface area (Å²) in [5.41, 5.74) is 0.647. The van der Waals surface area contributed by atoms with Crippen molar-refractivity contribution in [2.45, 2.75) is 6.18 Å². The van der Waals surface area contributed by atoms with Gasteiger partial charge in [0.15, 0.2) is 0 Å². The lowest BCUT2D eigenvalue weighted by molar-refractivity contribution is -0.137. The fraction of sp³-hybridized carbons (Fsp3) is 0.0769. The minimum atomic E-state index is -4.54. The summed E-state index contributed by atoms with van der Waals surface area (Å²) in [7, 11) is 1.69. The van der Waals surface area contributed by atoms with Crippen molar-refractivity contribution in [2.24, 2.45) is 0 Å². The van der Waals surface area contributed by atoms with Gasteiger partial charge in [-0.3, -0.25) is 4.79 Å². The van der Waals surface area contributed by atoms with Crippen LogP contribution >= 0.6 is 0 Å². The highest BCUT2D eigenvalue weighted by Crippen LogP contribution is 2.32. The Kier molecular flexibility index (Phi) is 6.83. The molecule has 1 amide bonds. The molecule has 0 bridgehead atoms. The third-order valence-electron chi connectivity index (χ3n) is 4.92. The van der Waals surface area contributed by atoms with Crippen molar-refractivity contribution >= 4 is 17.5 Å². The number of pyridine rings is 1. The predicted octanol–water partition coefficient (Wildman–Crippen LogP) is 5.63. The van der Waals surface area contributed by atoms with E-state index in [2.05, 4.69) is 31.5 Å². The third-order valence-corrected chi connectivity index (χ3v) is 4.92. The molecule has 180 valence electrons. The first kappa shape index (κ1) is 24.2. The van der Waals surface area contributed by atoms with Crippen LogP contribution in [0.5, 0.6) is 11.6 Å². The Morgan fingerprint density at radius 3 is 2.61 bits per heavy atom. The van der Waals surface area contributed by atoms with Crippen molar-refractivity contribution in [3.8, 4) is 35.2 Å². The lowest BCUT2D eigenvalue weighted by atomic mass is 10.1. The molecule has 0 fully saturated rings. The number of amides is 1. The second kappa shape index (κ2) is 10.1. The fourth-order valence-electron chi connectivity index (χ4n) is 3.26. The molecule has 2 N–H and O–H groups in total. The van der Waals surface area contributed by atoms with Crippen LogP contribution in [0.25, 0.3) is 11.3 Å². The highest BCUT2D eigenvalue weighted by molar-refractivity contribution is 6.04. The van der Waals surface area contributed by atoms with Gasteiger partial charge in [-0.25, -0.2) is 15.0 Å². The maximum atomic E-state index is 13.0. The monoisotopic (exact) mass is 489 g/mol. The summed E-state index contributed by atoms with van der Waals surface area (Å²) in [6, 6.07) is 13.9. The molecule has 36 heavy (non-hydrogen) atoms. The molecule has 0 aliphatic heterocycles. The number of carbonyl (C=O) groups excluding carboxylic acids is 1. The van der Waals surface area contributed by atoms with Crippen molar-refractivity contribution in [3.63, 3.8) is 0 Å². The molecule has 4 rings (SSSR count). The largest absolute Gasteiger partial charge is 0.438 e. The van der Waals surface area contributed by atoms with Crippen LogP contribution in [0.3, 0.4) is 0 Å². The summed E-state index contributed by atoms with van der Waals surface area (Å²) in [6.07, 6.45) is 4.13. The van der Waals surface area contributed by atoms with E-state index in [1.807, 2.05) is 0 Å². The van der Waals surface area contributed by atoms with Crippen LogP contribution in [0.15, 0.2) is 73.1 Å². The van der Waals surface area contributed by atoms with Gasteiger partial charge < -0.3 is 15.4 Å². The van der Waals surface area contributed by atoms with Crippen LogP contribution < -0.4 is 15.4 Å². The average Bonchev–Trinajstić information content (AvgIpc) is 2.88. The first-order valence-electron chi connectivity index (χ1n) is 10.5. The summed E-state index contributed by atoms with van der Waals surface area (Å²) in [5.74, 6) is 2.61. The molecule has 2 heterocycles. The van der Waals surface area contributed by atoms with E-state index in [1.54, 1.807) is 37.5 Å². The molecule has 7 nitrogen and oxygen atoms in total. The van der Waals surface area contributed by atoms with Gasteiger partial charge in [-0.15, -0.1) is 6.42 Å². The molecule has 0 saturated heterocycles. The molecule has 4 aromatic rings. The SMILES string of the molecule is C#Cc1cc(Oc2ncccc2-c2ccnc(NC)n2)cc(C(=O)Nc2cccc(C(F)(F)F)c2)c1. The number of nitrogens with one attached hydrogen (secondary N) is 2. The van der Waals surface area contributed by atoms with E-state index in [-0.39, 0.29) is 22.9 Å². The Hall–Kier alpha value is -4.91. The number of carbonyl (C=O) groups is 1. The molecule has 0 aliphatic rings. The first-order chi connectivity index (χ1) is 17.3. The molecular weight excluding hydrogens is 471 g/mol. The topological polar surface area (TPSA) is 89.0 Å². The third kappa shape index (κ3) is 5.59. The van der Waals surface area contributed by atoms with Crippen LogP contribution in [-0.2, 0) is 6.18 Å². The van der Waals surface area contributed by atoms with Gasteiger partial charge in [-0.1, -0.05) is 12.0 Å². The van der Waals surface area contributed by atoms with Gasteiger partial charge in [0.2, 0.25) is 11.8 Å². The molecule has 2 aromatic heterocycles. The molecule has 0 spiro atoms. The Balaban J connectivity index is 1.64. The van der Waals surface area contributed by atoms with Gasteiger partial charge in [-0.2, -0.15) is 13.2 Å². The molecular formula is C26H18F3N5O2. The number of rotatable bonds is 6. The van der Waals surface area contributed by atoms with Crippen molar-refractivity contribution < 1.29 is 22.7 Å². The van der Waals surface area contributed by atoms with Crippen LogP contribution in [0, 0.1) is 12.3 Å². The average molecular weight is 489 g/mol. The van der Waals surface area contributed by atoms with Crippen LogP contribution in [0.4, 0.5) is 24.8 Å². The second-order valence-electron chi connectivity index (χ2n) is 7.40. The van der Waals surface area contributed by atoms with Crippen LogP contribution in [0.2, 0.25) is 0 Å². The molecule has 2 aromatic carbocycles. The maximum Gasteiger partial charge on any atom is 0.416 e. The van der Waals surface area contributed by atoms with E-state index in [4.69, 9.17) is 11.2 Å².